The number of aryl methyl sites for hydroxylation is 2. The molecule has 1 fully saturated rings. The number of rotatable bonds is 4. The maximum atomic E-state index is 13.2. The van der Waals surface area contributed by atoms with E-state index in [4.69, 9.17) is 4.74 Å². The summed E-state index contributed by atoms with van der Waals surface area (Å²) < 4.78 is 7.10. The van der Waals surface area contributed by atoms with Crippen LogP contribution >= 0.6 is 11.3 Å². The first-order chi connectivity index (χ1) is 15.9. The van der Waals surface area contributed by atoms with E-state index in [1.165, 1.54) is 16.2 Å². The quantitative estimate of drug-likeness (QED) is 0.280. The van der Waals surface area contributed by atoms with Gasteiger partial charge in [-0.1, -0.05) is 18.2 Å². The number of fused-ring (bicyclic) bond motifs is 1. The fourth-order valence-electron chi connectivity index (χ4n) is 4.14. The fraction of sp³-hybridized carbons (Fsp3) is 0.167. The molecule has 0 spiro atoms. The molecule has 4 heterocycles. The Morgan fingerprint density at radius 2 is 1.91 bits per heavy atom. The Morgan fingerprint density at radius 3 is 2.55 bits per heavy atom. The smallest absolute Gasteiger partial charge is 0.301 e. The summed E-state index contributed by atoms with van der Waals surface area (Å²) in [5.41, 5.74) is 3.15. The number of hydrogen-bond donors (Lipinski definition) is 1. The van der Waals surface area contributed by atoms with Gasteiger partial charge in [0, 0.05) is 17.8 Å². The van der Waals surface area contributed by atoms with Crippen LogP contribution in [0.1, 0.15) is 28.6 Å². The molecule has 1 aliphatic rings. The first kappa shape index (κ1) is 20.9. The molecule has 1 aromatic carbocycles. The van der Waals surface area contributed by atoms with Gasteiger partial charge < -0.3 is 14.2 Å². The number of aliphatic hydroxyl groups excluding tert-OH is 1. The predicted octanol–water partition coefficient (Wildman–Crippen LogP) is 4.04. The SMILES string of the molecule is COc1ccc(C2C(=C(O)c3nc4c(C)cccn4c3C)C(=O)C(=O)N2c2nccs2)cc1. The van der Waals surface area contributed by atoms with Crippen molar-refractivity contribution in [1.82, 2.24) is 14.4 Å². The van der Waals surface area contributed by atoms with E-state index >= 15 is 0 Å². The lowest BCUT2D eigenvalue weighted by Gasteiger charge is -2.23. The summed E-state index contributed by atoms with van der Waals surface area (Å²) in [6.07, 6.45) is 3.41. The molecule has 0 bridgehead atoms. The van der Waals surface area contributed by atoms with Gasteiger partial charge in [-0.2, -0.15) is 0 Å². The monoisotopic (exact) mass is 460 g/mol. The van der Waals surface area contributed by atoms with Crippen LogP contribution in [0.5, 0.6) is 5.75 Å². The van der Waals surface area contributed by atoms with Crippen LogP contribution in [0.2, 0.25) is 0 Å². The average molecular weight is 461 g/mol. The minimum atomic E-state index is -0.854. The lowest BCUT2D eigenvalue weighted by molar-refractivity contribution is -0.132. The minimum Gasteiger partial charge on any atom is -0.505 e. The molecule has 8 nitrogen and oxygen atoms in total. The number of ether oxygens (including phenoxy) is 1. The molecule has 3 aromatic heterocycles. The van der Waals surface area contributed by atoms with E-state index in [9.17, 15) is 14.7 Å². The van der Waals surface area contributed by atoms with Crippen LogP contribution in [0.25, 0.3) is 11.4 Å². The molecule has 1 atom stereocenters. The van der Waals surface area contributed by atoms with Gasteiger partial charge in [-0.15, -0.1) is 11.3 Å². The van der Waals surface area contributed by atoms with Gasteiger partial charge in [-0.05, 0) is 43.2 Å². The number of ketones is 1. The number of imidazole rings is 1. The molecule has 1 aliphatic heterocycles. The van der Waals surface area contributed by atoms with E-state index in [1.54, 1.807) is 43.0 Å². The van der Waals surface area contributed by atoms with Crippen molar-refractivity contribution in [1.29, 1.82) is 0 Å². The number of amides is 1. The molecule has 0 saturated carbocycles. The number of aromatic nitrogens is 3. The van der Waals surface area contributed by atoms with Crippen LogP contribution in [-0.4, -0.2) is 38.3 Å². The van der Waals surface area contributed by atoms with Gasteiger partial charge in [-0.25, -0.2) is 9.97 Å². The van der Waals surface area contributed by atoms with Crippen LogP contribution in [0, 0.1) is 13.8 Å². The van der Waals surface area contributed by atoms with E-state index < -0.39 is 17.7 Å². The fourth-order valence-corrected chi connectivity index (χ4v) is 4.81. The van der Waals surface area contributed by atoms with E-state index in [0.29, 0.717) is 27.8 Å². The second kappa shape index (κ2) is 7.86. The zero-order valence-electron chi connectivity index (χ0n) is 18.1. The molecule has 1 unspecified atom stereocenters. The van der Waals surface area contributed by atoms with Crippen LogP contribution in [0.15, 0.2) is 59.7 Å². The number of carbonyl (C=O) groups excluding carboxylic acids is 2. The molecule has 0 aliphatic carbocycles. The molecule has 9 heteroatoms. The Morgan fingerprint density at radius 1 is 1.15 bits per heavy atom. The van der Waals surface area contributed by atoms with Gasteiger partial charge in [0.05, 0.1) is 24.4 Å². The lowest BCUT2D eigenvalue weighted by Crippen LogP contribution is -2.29. The molecular weight excluding hydrogens is 440 g/mol. The van der Waals surface area contributed by atoms with Crippen molar-refractivity contribution >= 4 is 39.6 Å². The van der Waals surface area contributed by atoms with Gasteiger partial charge in [0.15, 0.2) is 10.9 Å². The number of aliphatic hydroxyl groups is 1. The third-order valence-electron chi connectivity index (χ3n) is 5.81. The van der Waals surface area contributed by atoms with Gasteiger partial charge in [0.25, 0.3) is 5.78 Å². The average Bonchev–Trinajstić information content (AvgIpc) is 3.53. The first-order valence-corrected chi connectivity index (χ1v) is 11.1. The number of pyridine rings is 1. The predicted molar refractivity (Wildman–Crippen MR) is 125 cm³/mol. The number of benzene rings is 1. The summed E-state index contributed by atoms with van der Waals surface area (Å²) >= 11 is 1.24. The third kappa shape index (κ3) is 3.20. The molecule has 1 amide bonds. The summed E-state index contributed by atoms with van der Waals surface area (Å²) in [6, 6.07) is 9.98. The van der Waals surface area contributed by atoms with Crippen molar-refractivity contribution in [3.05, 3.63) is 82.3 Å². The van der Waals surface area contributed by atoms with E-state index in [1.807, 2.05) is 36.6 Å². The highest BCUT2D eigenvalue weighted by molar-refractivity contribution is 7.14. The van der Waals surface area contributed by atoms with E-state index in [-0.39, 0.29) is 17.0 Å². The molecule has 4 aromatic rings. The van der Waals surface area contributed by atoms with Crippen molar-refractivity contribution in [2.45, 2.75) is 19.9 Å². The Hall–Kier alpha value is -3.98. The number of anilines is 1. The number of nitrogens with zero attached hydrogens (tertiary/aromatic N) is 4. The summed E-state index contributed by atoms with van der Waals surface area (Å²) in [5.74, 6) is -1.20. The molecule has 5 rings (SSSR count). The van der Waals surface area contributed by atoms with Crippen molar-refractivity contribution in [2.75, 3.05) is 12.0 Å². The van der Waals surface area contributed by atoms with Crippen LogP contribution in [-0.2, 0) is 9.59 Å². The highest BCUT2D eigenvalue weighted by Crippen LogP contribution is 2.43. The topological polar surface area (TPSA) is 97.0 Å². The summed E-state index contributed by atoms with van der Waals surface area (Å²) in [5, 5.41) is 13.5. The zero-order valence-corrected chi connectivity index (χ0v) is 19.0. The van der Waals surface area contributed by atoms with Crippen LogP contribution in [0.4, 0.5) is 5.13 Å². The highest BCUT2D eigenvalue weighted by Gasteiger charge is 2.48. The number of hydrogen-bond acceptors (Lipinski definition) is 7. The Labute approximate surface area is 193 Å². The standard InChI is InChI=1S/C24H20N4O4S/c1-13-5-4-11-27-14(2)18(26-22(13)27)20(29)17-19(15-6-8-16(32-3)9-7-15)28(23(31)21(17)30)24-25-10-12-33-24/h4-12,19,29H,1-3H3. The highest BCUT2D eigenvalue weighted by atomic mass is 32.1. The third-order valence-corrected chi connectivity index (χ3v) is 6.58. The van der Waals surface area contributed by atoms with Crippen molar-refractivity contribution in [2.24, 2.45) is 0 Å². The normalized spacial score (nSPS) is 17.8. The summed E-state index contributed by atoms with van der Waals surface area (Å²) in [4.78, 5) is 36.5. The van der Waals surface area contributed by atoms with Crippen LogP contribution in [0.3, 0.4) is 0 Å². The number of thiazole rings is 1. The van der Waals surface area contributed by atoms with Gasteiger partial charge in [0.1, 0.15) is 17.1 Å². The molecular formula is C24H20N4O4S. The maximum Gasteiger partial charge on any atom is 0.301 e. The number of Topliss-reactive ketones (excluding diaryl/α,β-unsaturated/α-hetero) is 1. The van der Waals surface area contributed by atoms with E-state index in [0.717, 1.165) is 5.56 Å². The Kier molecular flexibility index (Phi) is 4.98. The van der Waals surface area contributed by atoms with E-state index in [2.05, 4.69) is 9.97 Å². The maximum absolute atomic E-state index is 13.2. The van der Waals surface area contributed by atoms with Gasteiger partial charge in [-0.3, -0.25) is 14.5 Å². The van der Waals surface area contributed by atoms with Gasteiger partial charge >= 0.3 is 5.91 Å². The minimum absolute atomic E-state index is 0.0236. The number of methoxy groups -OCH3 is 1. The molecule has 1 N–H and O–H groups in total. The Balaban J connectivity index is 1.75. The van der Waals surface area contributed by atoms with Crippen LogP contribution < -0.4 is 9.64 Å². The van der Waals surface area contributed by atoms with Crippen molar-refractivity contribution in [3.63, 3.8) is 0 Å². The second-order valence-electron chi connectivity index (χ2n) is 7.69. The Bertz CT molecular complexity index is 1420. The number of carbonyl (C=O) groups is 2. The zero-order chi connectivity index (χ0) is 23.3. The largest absolute Gasteiger partial charge is 0.505 e. The molecule has 0 radical (unpaired) electrons. The van der Waals surface area contributed by atoms with Crippen molar-refractivity contribution < 1.29 is 19.4 Å². The summed E-state index contributed by atoms with van der Waals surface area (Å²) in [7, 11) is 1.56. The summed E-state index contributed by atoms with van der Waals surface area (Å²) in [6.45, 7) is 3.73. The second-order valence-corrected chi connectivity index (χ2v) is 8.56. The van der Waals surface area contributed by atoms with Gasteiger partial charge in [0.2, 0.25) is 0 Å². The first-order valence-electron chi connectivity index (χ1n) is 10.2. The van der Waals surface area contributed by atoms with Crippen molar-refractivity contribution in [3.8, 4) is 5.75 Å². The lowest BCUT2D eigenvalue weighted by atomic mass is 9.96. The molecule has 1 saturated heterocycles. The molecule has 33 heavy (non-hydrogen) atoms. The molecule has 166 valence electrons.